The molecule has 8 heteroatoms. The van der Waals surface area contributed by atoms with E-state index in [9.17, 15) is 9.59 Å². The molecule has 1 heterocycles. The highest BCUT2D eigenvalue weighted by Crippen LogP contribution is 2.35. The number of ether oxygens (including phenoxy) is 1. The molecule has 0 bridgehead atoms. The first-order valence-electron chi connectivity index (χ1n) is 9.32. The summed E-state index contributed by atoms with van der Waals surface area (Å²) in [6, 6.07) is 8.90. The second kappa shape index (κ2) is 9.32. The first kappa shape index (κ1) is 21.9. The van der Waals surface area contributed by atoms with Crippen LogP contribution in [0.3, 0.4) is 0 Å². The van der Waals surface area contributed by atoms with Crippen molar-refractivity contribution in [2.45, 2.75) is 19.9 Å². The van der Waals surface area contributed by atoms with E-state index in [-0.39, 0.29) is 39.7 Å². The van der Waals surface area contributed by atoms with Gasteiger partial charge >= 0.3 is 0 Å². The number of ketones is 1. The molecule has 0 saturated heterocycles. The van der Waals surface area contributed by atoms with Crippen molar-refractivity contribution < 1.29 is 14.3 Å². The lowest BCUT2D eigenvalue weighted by atomic mass is 10.0. The van der Waals surface area contributed by atoms with E-state index in [2.05, 4.69) is 17.0 Å². The normalized spacial score (nSPS) is 10.8. The summed E-state index contributed by atoms with van der Waals surface area (Å²) in [5, 5.41) is 8.16. The maximum atomic E-state index is 12.3. The zero-order valence-corrected chi connectivity index (χ0v) is 18.2. The first-order valence-corrected chi connectivity index (χ1v) is 10.1. The minimum Gasteiger partial charge on any atom is -0.482 e. The van der Waals surface area contributed by atoms with Crippen molar-refractivity contribution in [2.75, 3.05) is 6.61 Å². The van der Waals surface area contributed by atoms with Crippen molar-refractivity contribution in [3.05, 3.63) is 69.9 Å². The van der Waals surface area contributed by atoms with E-state index in [1.807, 2.05) is 32.2 Å². The van der Waals surface area contributed by atoms with Crippen LogP contribution in [0.15, 0.2) is 48.7 Å². The van der Waals surface area contributed by atoms with Gasteiger partial charge in [0, 0.05) is 24.5 Å². The number of allylic oxidation sites excluding steroid dienone is 1. The highest BCUT2D eigenvalue weighted by atomic mass is 35.5. The third kappa shape index (κ3) is 4.66. The van der Waals surface area contributed by atoms with Gasteiger partial charge in [-0.15, -0.1) is 0 Å². The van der Waals surface area contributed by atoms with Gasteiger partial charge in [0.1, 0.15) is 10.8 Å². The molecule has 156 valence electrons. The van der Waals surface area contributed by atoms with Crippen molar-refractivity contribution in [1.29, 1.82) is 0 Å². The number of Topliss-reactive ketones (excluding diaryl/α,β-unsaturated/α-hetero) is 1. The Hall–Kier alpha value is -2.83. The second-order valence-corrected chi connectivity index (χ2v) is 7.51. The van der Waals surface area contributed by atoms with Gasteiger partial charge in [-0.2, -0.15) is 5.10 Å². The van der Waals surface area contributed by atoms with Crippen LogP contribution in [0.25, 0.3) is 10.9 Å². The Morgan fingerprint density at radius 2 is 1.97 bits per heavy atom. The van der Waals surface area contributed by atoms with Gasteiger partial charge in [-0.1, -0.05) is 42.8 Å². The summed E-state index contributed by atoms with van der Waals surface area (Å²) in [7, 11) is 1.88. The molecule has 2 aromatic carbocycles. The van der Waals surface area contributed by atoms with Crippen molar-refractivity contribution in [3.63, 3.8) is 0 Å². The van der Waals surface area contributed by atoms with Crippen molar-refractivity contribution >= 4 is 45.8 Å². The Morgan fingerprint density at radius 1 is 1.20 bits per heavy atom. The minimum absolute atomic E-state index is 0.0824. The molecule has 0 radical (unpaired) electrons. The lowest BCUT2D eigenvalue weighted by molar-refractivity contribution is -0.123. The van der Waals surface area contributed by atoms with Crippen molar-refractivity contribution in [3.8, 4) is 5.75 Å². The summed E-state index contributed by atoms with van der Waals surface area (Å²) in [6.45, 7) is 5.68. The predicted molar refractivity (Wildman–Crippen MR) is 118 cm³/mol. The van der Waals surface area contributed by atoms with Crippen LogP contribution >= 0.6 is 23.2 Å². The first-order chi connectivity index (χ1) is 14.3. The quantitative estimate of drug-likeness (QED) is 0.401. The van der Waals surface area contributed by atoms with Gasteiger partial charge in [-0.25, -0.2) is 0 Å². The molecular weight excluding hydrogens is 425 g/mol. The van der Waals surface area contributed by atoms with Crippen LogP contribution in [0.2, 0.25) is 10.0 Å². The van der Waals surface area contributed by atoms with Gasteiger partial charge in [-0.3, -0.25) is 14.3 Å². The molecule has 0 spiro atoms. The summed E-state index contributed by atoms with van der Waals surface area (Å²) in [4.78, 5) is 24.4. The molecule has 1 amide bonds. The fourth-order valence-electron chi connectivity index (χ4n) is 2.89. The lowest BCUT2D eigenvalue weighted by Gasteiger charge is -2.12. The number of carbonyl (C=O) groups excluding carboxylic acids is 2. The van der Waals surface area contributed by atoms with Crippen LogP contribution in [0.1, 0.15) is 29.3 Å². The Labute approximate surface area is 184 Å². The van der Waals surface area contributed by atoms with E-state index in [0.29, 0.717) is 18.5 Å². The Bertz CT molecular complexity index is 1140. The molecule has 30 heavy (non-hydrogen) atoms. The van der Waals surface area contributed by atoms with Crippen molar-refractivity contribution in [2.24, 2.45) is 7.05 Å². The molecule has 1 aromatic heterocycles. The highest BCUT2D eigenvalue weighted by Gasteiger charge is 2.18. The van der Waals surface area contributed by atoms with E-state index in [1.165, 1.54) is 12.1 Å². The van der Waals surface area contributed by atoms with Crippen molar-refractivity contribution in [1.82, 2.24) is 15.1 Å². The topological polar surface area (TPSA) is 73.2 Å². The number of benzene rings is 2. The van der Waals surface area contributed by atoms with Crippen LogP contribution in [-0.2, 0) is 18.4 Å². The molecule has 0 unspecified atom stereocenters. The number of hydrogen-bond acceptors (Lipinski definition) is 4. The molecule has 0 aliphatic rings. The fourth-order valence-corrected chi connectivity index (χ4v) is 3.35. The SMILES string of the molecule is C=C(CC)C(=O)c1ccc(OCC(=O)NCc2ccc3c(cnn3C)c2)c(Cl)c1Cl. The highest BCUT2D eigenvalue weighted by molar-refractivity contribution is 6.45. The number of rotatable bonds is 8. The number of hydrogen-bond donors (Lipinski definition) is 1. The van der Waals surface area contributed by atoms with Crippen LogP contribution < -0.4 is 10.1 Å². The maximum absolute atomic E-state index is 12.3. The van der Waals surface area contributed by atoms with E-state index in [0.717, 1.165) is 16.5 Å². The zero-order valence-electron chi connectivity index (χ0n) is 16.7. The number of nitrogens with one attached hydrogen (secondary N) is 1. The summed E-state index contributed by atoms with van der Waals surface area (Å²) < 4.78 is 7.28. The van der Waals surface area contributed by atoms with E-state index in [1.54, 1.807) is 10.9 Å². The average Bonchev–Trinajstić information content (AvgIpc) is 3.12. The molecule has 0 atom stereocenters. The Kier molecular flexibility index (Phi) is 6.80. The molecule has 0 fully saturated rings. The fraction of sp³-hybridized carbons (Fsp3) is 0.227. The van der Waals surface area contributed by atoms with Gasteiger partial charge in [0.15, 0.2) is 12.4 Å². The van der Waals surface area contributed by atoms with Gasteiger partial charge in [-0.05, 0) is 41.8 Å². The summed E-state index contributed by atoms with van der Waals surface area (Å²) in [5.74, 6) is -0.348. The lowest BCUT2D eigenvalue weighted by Crippen LogP contribution is -2.28. The molecular formula is C22H21Cl2N3O3. The zero-order chi connectivity index (χ0) is 21.8. The molecule has 1 N–H and O–H groups in total. The molecule has 3 rings (SSSR count). The number of carbonyl (C=O) groups is 2. The summed E-state index contributed by atoms with van der Waals surface area (Å²) in [6.07, 6.45) is 2.29. The Morgan fingerprint density at radius 3 is 2.70 bits per heavy atom. The molecule has 3 aromatic rings. The number of fused-ring (bicyclic) bond motifs is 1. The monoisotopic (exact) mass is 445 g/mol. The average molecular weight is 446 g/mol. The third-order valence-electron chi connectivity index (χ3n) is 4.70. The van der Waals surface area contributed by atoms with Crippen LogP contribution in [0.5, 0.6) is 5.75 Å². The van der Waals surface area contributed by atoms with E-state index in [4.69, 9.17) is 27.9 Å². The second-order valence-electron chi connectivity index (χ2n) is 6.75. The van der Waals surface area contributed by atoms with Crippen LogP contribution in [0.4, 0.5) is 0 Å². The number of halogens is 2. The van der Waals surface area contributed by atoms with Crippen LogP contribution in [0, 0.1) is 0 Å². The number of aromatic nitrogens is 2. The minimum atomic E-state index is -0.312. The Balaban J connectivity index is 1.59. The van der Waals surface area contributed by atoms with Gasteiger partial charge < -0.3 is 10.1 Å². The van der Waals surface area contributed by atoms with Gasteiger partial charge in [0.2, 0.25) is 0 Å². The van der Waals surface area contributed by atoms with E-state index < -0.39 is 0 Å². The molecule has 6 nitrogen and oxygen atoms in total. The largest absolute Gasteiger partial charge is 0.482 e. The molecule has 0 aliphatic heterocycles. The number of amides is 1. The number of nitrogens with zero attached hydrogens (tertiary/aromatic N) is 2. The third-order valence-corrected chi connectivity index (χ3v) is 5.56. The summed E-state index contributed by atoms with van der Waals surface area (Å²) in [5.41, 5.74) is 2.66. The molecule has 0 aliphatic carbocycles. The maximum Gasteiger partial charge on any atom is 0.258 e. The molecule has 0 saturated carbocycles. The number of aryl methyl sites for hydroxylation is 1. The van der Waals surface area contributed by atoms with E-state index >= 15 is 0 Å². The van der Waals surface area contributed by atoms with Gasteiger partial charge in [0.05, 0.1) is 16.7 Å². The van der Waals surface area contributed by atoms with Crippen LogP contribution in [-0.4, -0.2) is 28.1 Å². The summed E-state index contributed by atoms with van der Waals surface area (Å²) >= 11 is 12.4. The van der Waals surface area contributed by atoms with Gasteiger partial charge in [0.25, 0.3) is 5.91 Å². The predicted octanol–water partition coefficient (Wildman–Crippen LogP) is 4.72. The standard InChI is InChI=1S/C22H21Cl2N3O3/c1-4-13(2)22(29)16-6-8-18(21(24)20(16)23)30-12-19(28)25-10-14-5-7-17-15(9-14)11-26-27(17)3/h5-9,11H,2,4,10,12H2,1,3H3,(H,25,28). The smallest absolute Gasteiger partial charge is 0.258 e.